The van der Waals surface area contributed by atoms with Gasteiger partial charge in [0.1, 0.15) is 6.10 Å². The number of amides is 1. The Kier molecular flexibility index (Phi) is 2.72. The van der Waals surface area contributed by atoms with Gasteiger partial charge in [-0.3, -0.25) is 0 Å². The van der Waals surface area contributed by atoms with Gasteiger partial charge in [0.25, 0.3) is 0 Å². The smallest absolute Gasteiger partial charge is 0.408 e. The number of benzene rings is 1. The number of nitrogens with one attached hydrogen (secondary N) is 1. The van der Waals surface area contributed by atoms with E-state index in [0.717, 1.165) is 5.56 Å². The van der Waals surface area contributed by atoms with Gasteiger partial charge in [0.05, 0.1) is 6.04 Å². The number of alkyl carbamates (subject to hydrolysis) is 1. The predicted octanol–water partition coefficient (Wildman–Crippen LogP) is 2.41. The fraction of sp³-hybridized carbons (Fsp3) is 0.250. The standard InChI is InChI=1S/C12H13NO2/c1-2-6-10-11(13-12(14)15-10)9-7-4-3-5-8-9/h2-8,10-11H,1H3,(H,13,14)/b6-2+/t10-,11+/m1/s1. The van der Waals surface area contributed by atoms with Crippen LogP contribution in [0.1, 0.15) is 18.5 Å². The fourth-order valence-corrected chi connectivity index (χ4v) is 1.71. The number of allylic oxidation sites excluding steroid dienone is 1. The van der Waals surface area contributed by atoms with Crippen molar-refractivity contribution in [2.75, 3.05) is 0 Å². The molecular formula is C12H13NO2. The number of hydrogen-bond acceptors (Lipinski definition) is 2. The van der Waals surface area contributed by atoms with Gasteiger partial charge in [-0.1, -0.05) is 36.4 Å². The number of rotatable bonds is 2. The van der Waals surface area contributed by atoms with E-state index in [0.29, 0.717) is 0 Å². The third-order valence-electron chi connectivity index (χ3n) is 2.39. The highest BCUT2D eigenvalue weighted by molar-refractivity contribution is 5.71. The zero-order valence-corrected chi connectivity index (χ0v) is 8.51. The van der Waals surface area contributed by atoms with Crippen LogP contribution in [0.25, 0.3) is 0 Å². The zero-order chi connectivity index (χ0) is 10.7. The van der Waals surface area contributed by atoms with Gasteiger partial charge in [-0.15, -0.1) is 0 Å². The van der Waals surface area contributed by atoms with Crippen LogP contribution in [0.4, 0.5) is 4.79 Å². The second-order valence-electron chi connectivity index (χ2n) is 3.43. The third kappa shape index (κ3) is 2.01. The number of carbonyl (C=O) groups excluding carboxylic acids is 1. The van der Waals surface area contributed by atoms with E-state index < -0.39 is 0 Å². The average Bonchev–Trinajstić information content (AvgIpc) is 2.62. The van der Waals surface area contributed by atoms with Crippen LogP contribution in [0.5, 0.6) is 0 Å². The Labute approximate surface area is 88.8 Å². The summed E-state index contributed by atoms with van der Waals surface area (Å²) < 4.78 is 5.13. The van der Waals surface area contributed by atoms with Crippen molar-refractivity contribution in [1.29, 1.82) is 0 Å². The first-order valence-electron chi connectivity index (χ1n) is 4.96. The van der Waals surface area contributed by atoms with Crippen molar-refractivity contribution in [3.63, 3.8) is 0 Å². The molecule has 1 N–H and O–H groups in total. The summed E-state index contributed by atoms with van der Waals surface area (Å²) in [5.74, 6) is 0. The molecule has 0 aromatic heterocycles. The van der Waals surface area contributed by atoms with Crippen LogP contribution in [0.3, 0.4) is 0 Å². The van der Waals surface area contributed by atoms with Crippen molar-refractivity contribution in [3.05, 3.63) is 48.0 Å². The summed E-state index contributed by atoms with van der Waals surface area (Å²) in [5.41, 5.74) is 1.06. The summed E-state index contributed by atoms with van der Waals surface area (Å²) in [4.78, 5) is 11.1. The highest BCUT2D eigenvalue weighted by Crippen LogP contribution is 2.25. The zero-order valence-electron chi connectivity index (χ0n) is 8.51. The molecule has 0 bridgehead atoms. The predicted molar refractivity (Wildman–Crippen MR) is 57.4 cm³/mol. The number of ether oxygens (including phenoxy) is 1. The van der Waals surface area contributed by atoms with Crippen molar-refractivity contribution in [2.45, 2.75) is 19.1 Å². The maximum absolute atomic E-state index is 11.1. The molecule has 1 aliphatic rings. The highest BCUT2D eigenvalue weighted by Gasteiger charge is 2.32. The Balaban J connectivity index is 2.24. The van der Waals surface area contributed by atoms with Crippen LogP contribution in [-0.4, -0.2) is 12.2 Å². The molecule has 2 rings (SSSR count). The van der Waals surface area contributed by atoms with E-state index in [4.69, 9.17) is 4.74 Å². The SMILES string of the molecule is C/C=C/[C@H]1OC(=O)N[C@H]1c1ccccc1. The summed E-state index contributed by atoms with van der Waals surface area (Å²) in [6.45, 7) is 1.91. The lowest BCUT2D eigenvalue weighted by Gasteiger charge is -2.13. The molecule has 0 aliphatic carbocycles. The molecule has 1 aliphatic heterocycles. The van der Waals surface area contributed by atoms with Crippen LogP contribution >= 0.6 is 0 Å². The molecule has 2 atom stereocenters. The van der Waals surface area contributed by atoms with Gasteiger partial charge in [0, 0.05) is 0 Å². The monoisotopic (exact) mass is 203 g/mol. The van der Waals surface area contributed by atoms with Crippen LogP contribution < -0.4 is 5.32 Å². The van der Waals surface area contributed by atoms with E-state index in [1.807, 2.05) is 49.4 Å². The average molecular weight is 203 g/mol. The molecule has 1 aromatic carbocycles. The van der Waals surface area contributed by atoms with Crippen molar-refractivity contribution in [1.82, 2.24) is 5.32 Å². The lowest BCUT2D eigenvalue weighted by atomic mass is 10.0. The van der Waals surface area contributed by atoms with Crippen molar-refractivity contribution < 1.29 is 9.53 Å². The molecule has 1 fully saturated rings. The van der Waals surface area contributed by atoms with Crippen molar-refractivity contribution >= 4 is 6.09 Å². The molecule has 1 aromatic rings. The normalized spacial score (nSPS) is 25.3. The van der Waals surface area contributed by atoms with Gasteiger partial charge in [-0.05, 0) is 18.6 Å². The summed E-state index contributed by atoms with van der Waals surface area (Å²) >= 11 is 0. The number of hydrogen-bond donors (Lipinski definition) is 1. The van der Waals surface area contributed by atoms with E-state index in [2.05, 4.69) is 5.32 Å². The first kappa shape index (κ1) is 9.77. The minimum atomic E-state index is -0.355. The second kappa shape index (κ2) is 4.17. The van der Waals surface area contributed by atoms with Crippen molar-refractivity contribution in [2.24, 2.45) is 0 Å². The molecule has 1 amide bonds. The Morgan fingerprint density at radius 1 is 1.33 bits per heavy atom. The molecule has 1 saturated heterocycles. The van der Waals surface area contributed by atoms with Gasteiger partial charge in [0.15, 0.2) is 0 Å². The van der Waals surface area contributed by atoms with Gasteiger partial charge in [0.2, 0.25) is 0 Å². The summed E-state index contributed by atoms with van der Waals surface area (Å²) in [6.07, 6.45) is 3.22. The minimum Gasteiger partial charge on any atom is -0.439 e. The van der Waals surface area contributed by atoms with Crippen LogP contribution in [0, 0.1) is 0 Å². The van der Waals surface area contributed by atoms with E-state index >= 15 is 0 Å². The van der Waals surface area contributed by atoms with Gasteiger partial charge in [-0.25, -0.2) is 4.79 Å². The molecule has 0 spiro atoms. The molecular weight excluding hydrogens is 190 g/mol. The maximum atomic E-state index is 11.1. The quantitative estimate of drug-likeness (QED) is 0.749. The van der Waals surface area contributed by atoms with Crippen LogP contribution in [-0.2, 0) is 4.74 Å². The Morgan fingerprint density at radius 2 is 2.07 bits per heavy atom. The molecule has 0 saturated carbocycles. The summed E-state index contributed by atoms with van der Waals surface area (Å²) in [5, 5.41) is 2.79. The molecule has 78 valence electrons. The lowest BCUT2D eigenvalue weighted by molar-refractivity contribution is 0.153. The van der Waals surface area contributed by atoms with Gasteiger partial charge >= 0.3 is 6.09 Å². The molecule has 1 heterocycles. The lowest BCUT2D eigenvalue weighted by Crippen LogP contribution is -2.21. The number of carbonyl (C=O) groups is 1. The van der Waals surface area contributed by atoms with E-state index in [1.165, 1.54) is 0 Å². The van der Waals surface area contributed by atoms with Gasteiger partial charge in [-0.2, -0.15) is 0 Å². The largest absolute Gasteiger partial charge is 0.439 e. The summed E-state index contributed by atoms with van der Waals surface area (Å²) in [6, 6.07) is 9.74. The Bertz CT molecular complexity index is 372. The van der Waals surface area contributed by atoms with E-state index in [1.54, 1.807) is 0 Å². The fourth-order valence-electron chi connectivity index (χ4n) is 1.71. The molecule has 0 radical (unpaired) electrons. The summed E-state index contributed by atoms with van der Waals surface area (Å²) in [7, 11) is 0. The first-order valence-corrected chi connectivity index (χ1v) is 4.96. The van der Waals surface area contributed by atoms with E-state index in [-0.39, 0.29) is 18.2 Å². The Hall–Kier alpha value is -1.77. The maximum Gasteiger partial charge on any atom is 0.408 e. The first-order chi connectivity index (χ1) is 7.31. The molecule has 3 nitrogen and oxygen atoms in total. The van der Waals surface area contributed by atoms with Crippen LogP contribution in [0.2, 0.25) is 0 Å². The minimum absolute atomic E-state index is 0.0742. The topological polar surface area (TPSA) is 38.3 Å². The highest BCUT2D eigenvalue weighted by atomic mass is 16.6. The van der Waals surface area contributed by atoms with Crippen LogP contribution in [0.15, 0.2) is 42.5 Å². The molecule has 15 heavy (non-hydrogen) atoms. The Morgan fingerprint density at radius 3 is 2.73 bits per heavy atom. The van der Waals surface area contributed by atoms with Gasteiger partial charge < -0.3 is 10.1 Å². The van der Waals surface area contributed by atoms with E-state index in [9.17, 15) is 4.79 Å². The third-order valence-corrected chi connectivity index (χ3v) is 2.39. The molecule has 3 heteroatoms. The molecule has 0 unspecified atom stereocenters. The van der Waals surface area contributed by atoms with Crippen molar-refractivity contribution in [3.8, 4) is 0 Å². The number of cyclic esters (lactones) is 1. The second-order valence-corrected chi connectivity index (χ2v) is 3.43.